The zero-order valence-electron chi connectivity index (χ0n) is 23.0. The van der Waals surface area contributed by atoms with Crippen molar-refractivity contribution in [3.05, 3.63) is 99.3 Å². The molecule has 0 radical (unpaired) electrons. The first-order valence-corrected chi connectivity index (χ1v) is 14.8. The number of carbonyl (C=O) groups is 1. The molecule has 2 fully saturated rings. The smallest absolute Gasteiger partial charge is 0.253 e. The fourth-order valence-corrected chi connectivity index (χ4v) is 6.40. The van der Waals surface area contributed by atoms with Crippen molar-refractivity contribution in [1.29, 1.82) is 0 Å². The maximum Gasteiger partial charge on any atom is 0.253 e. The molecule has 0 saturated carbocycles. The number of nitrogens with zero attached hydrogens (tertiary/aromatic N) is 4. The Morgan fingerprint density at radius 3 is 2.37 bits per heavy atom. The minimum atomic E-state index is -0.695. The first-order valence-electron chi connectivity index (χ1n) is 14.4. The van der Waals surface area contributed by atoms with Crippen molar-refractivity contribution in [1.82, 2.24) is 20.1 Å². The Labute approximate surface area is 244 Å². The molecule has 0 spiro atoms. The summed E-state index contributed by atoms with van der Waals surface area (Å²) in [5, 5.41) is 3.14. The van der Waals surface area contributed by atoms with Crippen LogP contribution in [0, 0.1) is 11.6 Å². The normalized spacial score (nSPS) is 18.8. The molecule has 1 amide bonds. The molecule has 4 heterocycles. The molecule has 3 aliphatic rings. The van der Waals surface area contributed by atoms with Crippen molar-refractivity contribution < 1.29 is 13.6 Å². The number of piperidine rings is 2. The van der Waals surface area contributed by atoms with Crippen molar-refractivity contribution in [2.75, 3.05) is 32.7 Å². The number of hydrogen-bond donors (Lipinski definition) is 1. The van der Waals surface area contributed by atoms with Crippen LogP contribution in [0.5, 0.6) is 0 Å². The maximum atomic E-state index is 13.9. The molecular formula is C32H34ClF2N5O. The Morgan fingerprint density at radius 1 is 0.976 bits per heavy atom. The van der Waals surface area contributed by atoms with Crippen LogP contribution in [-0.4, -0.2) is 65.2 Å². The van der Waals surface area contributed by atoms with Gasteiger partial charge < -0.3 is 10.2 Å². The third kappa shape index (κ3) is 6.83. The van der Waals surface area contributed by atoms with Crippen LogP contribution < -0.4 is 5.32 Å². The van der Waals surface area contributed by atoms with Crippen molar-refractivity contribution in [2.24, 2.45) is 4.99 Å². The number of benzene rings is 2. The van der Waals surface area contributed by atoms with Crippen LogP contribution in [0.2, 0.25) is 5.02 Å². The van der Waals surface area contributed by atoms with Crippen LogP contribution in [0.25, 0.3) is 0 Å². The van der Waals surface area contributed by atoms with Gasteiger partial charge in [0.1, 0.15) is 11.6 Å². The Bertz CT molecular complexity index is 1430. The summed E-state index contributed by atoms with van der Waals surface area (Å²) >= 11 is 6.59. The van der Waals surface area contributed by atoms with Gasteiger partial charge in [-0.05, 0) is 75.1 Å². The van der Waals surface area contributed by atoms with Gasteiger partial charge in [0.2, 0.25) is 0 Å². The highest BCUT2D eigenvalue weighted by Gasteiger charge is 2.30. The highest BCUT2D eigenvalue weighted by Crippen LogP contribution is 2.33. The average molecular weight is 578 g/mol. The summed E-state index contributed by atoms with van der Waals surface area (Å²) in [6, 6.07) is 14.4. The van der Waals surface area contributed by atoms with Gasteiger partial charge in [0, 0.05) is 42.9 Å². The molecule has 0 bridgehead atoms. The van der Waals surface area contributed by atoms with E-state index in [1.807, 2.05) is 0 Å². The topological polar surface area (TPSA) is 60.8 Å². The lowest BCUT2D eigenvalue weighted by Crippen LogP contribution is -2.47. The molecule has 3 aromatic rings. The van der Waals surface area contributed by atoms with Gasteiger partial charge in [0.25, 0.3) is 5.91 Å². The van der Waals surface area contributed by atoms with Gasteiger partial charge in [0.05, 0.1) is 28.5 Å². The second-order valence-electron chi connectivity index (χ2n) is 11.3. The SMILES string of the molecule is O=C(NCc1ccc(F)cc1F)c1cnc(C2CCN(C3CCN(Cc4ccc(C5=NC5)cc4)CC3)CC2)c(Cl)c1. The number of amides is 1. The highest BCUT2D eigenvalue weighted by atomic mass is 35.5. The second-order valence-corrected chi connectivity index (χ2v) is 11.7. The summed E-state index contributed by atoms with van der Waals surface area (Å²) in [4.78, 5) is 26.6. The van der Waals surface area contributed by atoms with E-state index in [4.69, 9.17) is 11.6 Å². The molecule has 1 N–H and O–H groups in total. The van der Waals surface area contributed by atoms with Crippen LogP contribution in [-0.2, 0) is 13.1 Å². The molecule has 0 unspecified atom stereocenters. The van der Waals surface area contributed by atoms with Crippen LogP contribution in [0.4, 0.5) is 8.78 Å². The molecule has 0 aliphatic carbocycles. The predicted octanol–water partition coefficient (Wildman–Crippen LogP) is 5.59. The highest BCUT2D eigenvalue weighted by molar-refractivity contribution is 6.31. The molecule has 41 heavy (non-hydrogen) atoms. The van der Waals surface area contributed by atoms with Gasteiger partial charge in [-0.3, -0.25) is 19.7 Å². The lowest BCUT2D eigenvalue weighted by Gasteiger charge is -2.41. The van der Waals surface area contributed by atoms with Gasteiger partial charge in [-0.1, -0.05) is 41.9 Å². The molecule has 6 rings (SSSR count). The van der Waals surface area contributed by atoms with E-state index in [1.54, 1.807) is 6.07 Å². The molecule has 6 nitrogen and oxygen atoms in total. The number of aliphatic imine (C=N–C) groups is 1. The molecule has 2 saturated heterocycles. The summed E-state index contributed by atoms with van der Waals surface area (Å²) in [5.74, 6) is -1.49. The molecular weight excluding hydrogens is 544 g/mol. The summed E-state index contributed by atoms with van der Waals surface area (Å²) in [7, 11) is 0. The lowest BCUT2D eigenvalue weighted by molar-refractivity contribution is 0.0842. The van der Waals surface area contributed by atoms with Crippen molar-refractivity contribution in [3.8, 4) is 0 Å². The number of pyridine rings is 1. The first-order chi connectivity index (χ1) is 19.9. The number of likely N-dealkylation sites (tertiary alicyclic amines) is 2. The quantitative estimate of drug-likeness (QED) is 0.379. The van der Waals surface area contributed by atoms with Crippen molar-refractivity contribution in [2.45, 2.75) is 50.7 Å². The Morgan fingerprint density at radius 2 is 1.71 bits per heavy atom. The fraction of sp³-hybridized carbons (Fsp3) is 0.406. The maximum absolute atomic E-state index is 13.9. The number of carbonyl (C=O) groups excluding carboxylic acids is 1. The Hall–Kier alpha value is -3.20. The summed E-state index contributed by atoms with van der Waals surface area (Å²) in [6.07, 6.45) is 5.88. The predicted molar refractivity (Wildman–Crippen MR) is 156 cm³/mol. The van der Waals surface area contributed by atoms with Crippen LogP contribution in [0.1, 0.15) is 64.3 Å². The van der Waals surface area contributed by atoms with E-state index in [0.717, 1.165) is 63.9 Å². The summed E-state index contributed by atoms with van der Waals surface area (Å²) in [5.41, 5.74) is 5.20. The van der Waals surface area contributed by atoms with E-state index in [0.29, 0.717) is 16.6 Å². The number of hydrogen-bond acceptors (Lipinski definition) is 5. The summed E-state index contributed by atoms with van der Waals surface area (Å²) < 4.78 is 27.0. The monoisotopic (exact) mass is 577 g/mol. The molecule has 2 aromatic carbocycles. The number of rotatable bonds is 8. The van der Waals surface area contributed by atoms with Gasteiger partial charge in [-0.25, -0.2) is 8.78 Å². The second kappa shape index (κ2) is 12.3. The molecule has 9 heteroatoms. The van der Waals surface area contributed by atoms with E-state index in [2.05, 4.69) is 49.4 Å². The Balaban J connectivity index is 0.958. The van der Waals surface area contributed by atoms with Gasteiger partial charge in [-0.15, -0.1) is 0 Å². The zero-order chi connectivity index (χ0) is 28.3. The summed E-state index contributed by atoms with van der Waals surface area (Å²) in [6.45, 7) is 6.11. The zero-order valence-corrected chi connectivity index (χ0v) is 23.7. The molecule has 214 valence electrons. The largest absolute Gasteiger partial charge is 0.348 e. The lowest BCUT2D eigenvalue weighted by atomic mass is 9.90. The fourth-order valence-electron chi connectivity index (χ4n) is 6.08. The average Bonchev–Trinajstić information content (AvgIpc) is 3.83. The van der Waals surface area contributed by atoms with Gasteiger partial charge in [-0.2, -0.15) is 0 Å². The molecule has 0 atom stereocenters. The number of halogens is 3. The standard InChI is InChI=1S/C32H34ClF2N5O/c33-28-15-25(32(41)38-17-24-5-6-26(34)16-29(24)35)18-37-31(28)23-7-13-40(14-8-23)27-9-11-39(12-10-27)20-21-1-3-22(4-2-21)30-19-36-30/h1-6,15-16,18,23,27H,7-14,17,19-20H2,(H,38,41). The van der Waals surface area contributed by atoms with E-state index in [1.165, 1.54) is 48.0 Å². The van der Waals surface area contributed by atoms with Gasteiger partial charge in [0.15, 0.2) is 0 Å². The number of nitrogens with one attached hydrogen (secondary N) is 1. The minimum Gasteiger partial charge on any atom is -0.348 e. The van der Waals surface area contributed by atoms with Gasteiger partial charge >= 0.3 is 0 Å². The third-order valence-corrected chi connectivity index (χ3v) is 8.89. The van der Waals surface area contributed by atoms with E-state index in [-0.39, 0.29) is 18.0 Å². The molecule has 1 aromatic heterocycles. The van der Waals surface area contributed by atoms with Crippen LogP contribution in [0.15, 0.2) is 59.7 Å². The van der Waals surface area contributed by atoms with E-state index < -0.39 is 17.5 Å². The minimum absolute atomic E-state index is 0.0503. The van der Waals surface area contributed by atoms with Crippen LogP contribution >= 0.6 is 11.6 Å². The first kappa shape index (κ1) is 27.9. The van der Waals surface area contributed by atoms with Crippen molar-refractivity contribution in [3.63, 3.8) is 0 Å². The third-order valence-electron chi connectivity index (χ3n) is 8.59. The van der Waals surface area contributed by atoms with Crippen molar-refractivity contribution >= 4 is 23.2 Å². The van der Waals surface area contributed by atoms with Crippen LogP contribution in [0.3, 0.4) is 0 Å². The Kier molecular flexibility index (Phi) is 8.42. The molecule has 3 aliphatic heterocycles. The van der Waals surface area contributed by atoms with E-state index >= 15 is 0 Å². The van der Waals surface area contributed by atoms with E-state index in [9.17, 15) is 13.6 Å². The number of aromatic nitrogens is 1.